The third-order valence-corrected chi connectivity index (χ3v) is 4.66. The van der Waals surface area contributed by atoms with Crippen LogP contribution in [0.3, 0.4) is 0 Å². The number of halogens is 1. The molecular formula is C14H16ClNO2. The van der Waals surface area contributed by atoms with Crippen molar-refractivity contribution in [3.63, 3.8) is 0 Å². The van der Waals surface area contributed by atoms with Crippen LogP contribution in [0.1, 0.15) is 36.0 Å². The summed E-state index contributed by atoms with van der Waals surface area (Å²) < 4.78 is 0. The number of benzene rings is 1. The zero-order valence-electron chi connectivity index (χ0n) is 10.2. The minimum Gasteiger partial charge on any atom is -0.507 e. The minimum absolute atomic E-state index is 0.0259. The molecule has 1 saturated carbocycles. The predicted octanol–water partition coefficient (Wildman–Crippen LogP) is 3.06. The summed E-state index contributed by atoms with van der Waals surface area (Å²) in [6, 6.07) is 4.80. The molecule has 1 spiro atoms. The zero-order chi connectivity index (χ0) is 12.8. The van der Waals surface area contributed by atoms with E-state index in [4.69, 9.17) is 11.6 Å². The third-order valence-electron chi connectivity index (χ3n) is 4.35. The Morgan fingerprint density at radius 1 is 1.33 bits per heavy atom. The second-order valence-corrected chi connectivity index (χ2v) is 5.87. The number of phenolic OH excluding ortho intramolecular Hbond substituents is 1. The first-order valence-electron chi connectivity index (χ1n) is 6.38. The van der Waals surface area contributed by atoms with Crippen molar-refractivity contribution in [2.24, 2.45) is 5.41 Å². The molecule has 0 unspecified atom stereocenters. The molecule has 1 aromatic rings. The van der Waals surface area contributed by atoms with Crippen molar-refractivity contribution in [1.82, 2.24) is 4.90 Å². The van der Waals surface area contributed by atoms with Gasteiger partial charge in [0, 0.05) is 13.1 Å². The van der Waals surface area contributed by atoms with Gasteiger partial charge in [-0.05, 0) is 36.8 Å². The standard InChI is InChI=1S/C14H16ClNO2/c15-10-3-1-4-11(17)12(10)13(18)16-8-7-14(9-16)5-2-6-14/h1,3-4,17H,2,5-9H2. The average Bonchev–Trinajstić information content (AvgIpc) is 2.73. The van der Waals surface area contributed by atoms with Gasteiger partial charge in [-0.2, -0.15) is 0 Å². The van der Waals surface area contributed by atoms with Crippen molar-refractivity contribution in [1.29, 1.82) is 0 Å². The number of nitrogens with zero attached hydrogens (tertiary/aromatic N) is 1. The Morgan fingerprint density at radius 2 is 2.11 bits per heavy atom. The summed E-state index contributed by atoms with van der Waals surface area (Å²) in [4.78, 5) is 14.2. The molecule has 1 aliphatic carbocycles. The molecule has 2 aliphatic rings. The average molecular weight is 266 g/mol. The van der Waals surface area contributed by atoms with E-state index in [0.29, 0.717) is 10.4 Å². The van der Waals surface area contributed by atoms with E-state index in [2.05, 4.69) is 0 Å². The number of carbonyl (C=O) groups is 1. The van der Waals surface area contributed by atoms with Crippen molar-refractivity contribution in [3.05, 3.63) is 28.8 Å². The van der Waals surface area contributed by atoms with E-state index >= 15 is 0 Å². The molecule has 1 saturated heterocycles. The molecule has 0 atom stereocenters. The Bertz CT molecular complexity index is 476. The van der Waals surface area contributed by atoms with Gasteiger partial charge in [-0.1, -0.05) is 24.1 Å². The van der Waals surface area contributed by atoms with Gasteiger partial charge in [0.2, 0.25) is 0 Å². The number of rotatable bonds is 1. The first kappa shape index (κ1) is 11.8. The molecule has 1 N–H and O–H groups in total. The molecule has 0 aromatic heterocycles. The second-order valence-electron chi connectivity index (χ2n) is 5.46. The molecule has 2 fully saturated rings. The van der Waals surface area contributed by atoms with Crippen LogP contribution in [0.4, 0.5) is 0 Å². The quantitative estimate of drug-likeness (QED) is 0.848. The van der Waals surface area contributed by atoms with Gasteiger partial charge >= 0.3 is 0 Å². The predicted molar refractivity (Wildman–Crippen MR) is 69.9 cm³/mol. The van der Waals surface area contributed by atoms with E-state index in [9.17, 15) is 9.90 Å². The highest BCUT2D eigenvalue weighted by Crippen LogP contribution is 2.48. The Kier molecular flexibility index (Phi) is 2.74. The van der Waals surface area contributed by atoms with Crippen LogP contribution in [0.25, 0.3) is 0 Å². The Labute approximate surface area is 111 Å². The van der Waals surface area contributed by atoms with Crippen LogP contribution in [0.15, 0.2) is 18.2 Å². The van der Waals surface area contributed by atoms with Crippen LogP contribution in [0.5, 0.6) is 5.75 Å². The Balaban J connectivity index is 1.83. The van der Waals surface area contributed by atoms with Crippen LogP contribution >= 0.6 is 11.6 Å². The molecule has 96 valence electrons. The summed E-state index contributed by atoms with van der Waals surface area (Å²) in [7, 11) is 0. The normalized spacial score (nSPS) is 21.1. The van der Waals surface area contributed by atoms with Gasteiger partial charge in [-0.25, -0.2) is 0 Å². The van der Waals surface area contributed by atoms with Gasteiger partial charge in [-0.15, -0.1) is 0 Å². The molecule has 1 heterocycles. The molecule has 0 bridgehead atoms. The Morgan fingerprint density at radius 3 is 2.67 bits per heavy atom. The van der Waals surface area contributed by atoms with Crippen molar-refractivity contribution in [2.75, 3.05) is 13.1 Å². The SMILES string of the molecule is O=C(c1c(O)cccc1Cl)N1CCC2(CCC2)C1. The molecule has 1 aliphatic heterocycles. The summed E-state index contributed by atoms with van der Waals surface area (Å²) in [5.74, 6) is -0.163. The van der Waals surface area contributed by atoms with Crippen molar-refractivity contribution in [3.8, 4) is 5.75 Å². The number of aromatic hydroxyl groups is 1. The van der Waals surface area contributed by atoms with E-state index in [1.807, 2.05) is 4.90 Å². The maximum absolute atomic E-state index is 12.4. The lowest BCUT2D eigenvalue weighted by molar-refractivity contribution is 0.0729. The highest BCUT2D eigenvalue weighted by molar-refractivity contribution is 6.34. The van der Waals surface area contributed by atoms with E-state index in [-0.39, 0.29) is 17.2 Å². The summed E-state index contributed by atoms with van der Waals surface area (Å²) in [5.41, 5.74) is 0.613. The van der Waals surface area contributed by atoms with Crippen LogP contribution in [-0.4, -0.2) is 29.0 Å². The van der Waals surface area contributed by atoms with E-state index < -0.39 is 0 Å². The topological polar surface area (TPSA) is 40.5 Å². The van der Waals surface area contributed by atoms with Gasteiger partial charge in [0.15, 0.2) is 0 Å². The maximum Gasteiger partial charge on any atom is 0.259 e. The second kappa shape index (κ2) is 4.16. The number of carbonyl (C=O) groups excluding carboxylic acids is 1. The van der Waals surface area contributed by atoms with Crippen molar-refractivity contribution < 1.29 is 9.90 Å². The van der Waals surface area contributed by atoms with Crippen LogP contribution in [0.2, 0.25) is 5.02 Å². The zero-order valence-corrected chi connectivity index (χ0v) is 10.9. The van der Waals surface area contributed by atoms with Gasteiger partial charge in [0.05, 0.1) is 10.6 Å². The molecule has 3 nitrogen and oxygen atoms in total. The van der Waals surface area contributed by atoms with Crippen LogP contribution < -0.4 is 0 Å². The lowest BCUT2D eigenvalue weighted by Gasteiger charge is -2.38. The first-order chi connectivity index (χ1) is 8.61. The van der Waals surface area contributed by atoms with Crippen LogP contribution in [-0.2, 0) is 0 Å². The number of hydrogen-bond donors (Lipinski definition) is 1. The van der Waals surface area contributed by atoms with E-state index in [1.54, 1.807) is 12.1 Å². The fourth-order valence-corrected chi connectivity index (χ4v) is 3.33. The lowest BCUT2D eigenvalue weighted by atomic mass is 9.68. The fraction of sp³-hybridized carbons (Fsp3) is 0.500. The minimum atomic E-state index is -0.137. The summed E-state index contributed by atoms with van der Waals surface area (Å²) in [6.45, 7) is 1.60. The number of phenols is 1. The van der Waals surface area contributed by atoms with E-state index in [1.165, 1.54) is 25.3 Å². The molecule has 4 heteroatoms. The van der Waals surface area contributed by atoms with Crippen LogP contribution in [0, 0.1) is 5.41 Å². The Hall–Kier alpha value is -1.22. The summed E-state index contributed by atoms with van der Waals surface area (Å²) >= 11 is 6.01. The number of amides is 1. The van der Waals surface area contributed by atoms with Crippen molar-refractivity contribution >= 4 is 17.5 Å². The lowest BCUT2D eigenvalue weighted by Crippen LogP contribution is -2.35. The first-order valence-corrected chi connectivity index (χ1v) is 6.76. The monoisotopic (exact) mass is 265 g/mol. The fourth-order valence-electron chi connectivity index (χ4n) is 3.08. The highest BCUT2D eigenvalue weighted by atomic mass is 35.5. The molecule has 1 amide bonds. The highest BCUT2D eigenvalue weighted by Gasteiger charge is 2.44. The molecule has 18 heavy (non-hydrogen) atoms. The van der Waals surface area contributed by atoms with Gasteiger partial charge in [0.1, 0.15) is 5.75 Å². The molecule has 0 radical (unpaired) electrons. The molecular weight excluding hydrogens is 250 g/mol. The van der Waals surface area contributed by atoms with Gasteiger partial charge in [-0.3, -0.25) is 4.79 Å². The molecule has 3 rings (SSSR count). The smallest absolute Gasteiger partial charge is 0.259 e. The molecule has 1 aromatic carbocycles. The van der Waals surface area contributed by atoms with Crippen molar-refractivity contribution in [2.45, 2.75) is 25.7 Å². The third kappa shape index (κ3) is 1.77. The largest absolute Gasteiger partial charge is 0.507 e. The van der Waals surface area contributed by atoms with E-state index in [0.717, 1.165) is 19.5 Å². The number of likely N-dealkylation sites (tertiary alicyclic amines) is 1. The summed E-state index contributed by atoms with van der Waals surface area (Å²) in [5, 5.41) is 10.1. The maximum atomic E-state index is 12.4. The van der Waals surface area contributed by atoms with Gasteiger partial charge < -0.3 is 10.0 Å². The number of hydrogen-bond acceptors (Lipinski definition) is 2. The summed E-state index contributed by atoms with van der Waals surface area (Å²) in [6.07, 6.45) is 4.82. The van der Waals surface area contributed by atoms with Gasteiger partial charge in [0.25, 0.3) is 5.91 Å².